The van der Waals surface area contributed by atoms with E-state index in [0.29, 0.717) is 11.5 Å². The molecule has 2 rings (SSSR count). The van der Waals surface area contributed by atoms with Gasteiger partial charge in [0.15, 0.2) is 0 Å². The minimum atomic E-state index is -1.03. The van der Waals surface area contributed by atoms with E-state index < -0.39 is 5.97 Å². The third kappa shape index (κ3) is 5.02. The van der Waals surface area contributed by atoms with Gasteiger partial charge in [-0.3, -0.25) is 5.32 Å². The highest BCUT2D eigenvalue weighted by atomic mass is 32.1. The molecule has 1 aromatic heterocycles. The van der Waals surface area contributed by atoms with Gasteiger partial charge < -0.3 is 15.3 Å². The zero-order valence-corrected chi connectivity index (χ0v) is 12.7. The number of piperidine rings is 1. The van der Waals surface area contributed by atoms with E-state index in [4.69, 9.17) is 5.11 Å². The molecule has 0 aromatic carbocycles. The second-order valence-electron chi connectivity index (χ2n) is 5.11. The molecule has 2 heterocycles. The van der Waals surface area contributed by atoms with Crippen LogP contribution in [-0.2, 0) is 0 Å². The molecule has 1 saturated heterocycles. The normalized spacial score (nSPS) is 15.6. The number of anilines is 1. The summed E-state index contributed by atoms with van der Waals surface area (Å²) < 4.78 is 0. The average molecular weight is 311 g/mol. The lowest BCUT2D eigenvalue weighted by molar-refractivity contribution is 0.0698. The summed E-state index contributed by atoms with van der Waals surface area (Å²) in [6.07, 6.45) is 4.77. The maximum Gasteiger partial charge on any atom is 0.338 e. The number of rotatable bonds is 6. The molecule has 0 unspecified atom stereocenters. The lowest BCUT2D eigenvalue weighted by atomic mass is 10.1. The molecule has 0 radical (unpaired) electrons. The van der Waals surface area contributed by atoms with Crippen LogP contribution >= 0.6 is 11.3 Å². The first-order valence-corrected chi connectivity index (χ1v) is 8.13. The maximum atomic E-state index is 11.7. The van der Waals surface area contributed by atoms with Crippen molar-refractivity contribution in [2.75, 3.05) is 31.5 Å². The van der Waals surface area contributed by atoms with Crippen molar-refractivity contribution in [1.82, 2.24) is 10.2 Å². The highest BCUT2D eigenvalue weighted by molar-refractivity contribution is 7.14. The van der Waals surface area contributed by atoms with E-state index in [1.807, 2.05) is 0 Å². The number of carbonyl (C=O) groups excluding carboxylic acids is 1. The summed E-state index contributed by atoms with van der Waals surface area (Å²) in [7, 11) is 0. The van der Waals surface area contributed by atoms with Crippen LogP contribution in [0.4, 0.5) is 9.80 Å². The molecule has 0 aliphatic carbocycles. The molecular formula is C14H21N3O3S. The molecular weight excluding hydrogens is 290 g/mol. The van der Waals surface area contributed by atoms with Gasteiger partial charge in [0, 0.05) is 6.54 Å². The third-order valence-corrected chi connectivity index (χ3v) is 4.34. The largest absolute Gasteiger partial charge is 0.478 e. The summed E-state index contributed by atoms with van der Waals surface area (Å²) in [5, 5.41) is 16.3. The second-order valence-corrected chi connectivity index (χ2v) is 6.02. The first-order valence-electron chi connectivity index (χ1n) is 7.25. The van der Waals surface area contributed by atoms with Crippen molar-refractivity contribution in [1.29, 1.82) is 0 Å². The third-order valence-electron chi connectivity index (χ3n) is 3.51. The molecule has 1 aliphatic rings. The smallest absolute Gasteiger partial charge is 0.338 e. The number of hydrogen-bond donors (Lipinski definition) is 3. The SMILES string of the molecule is O=C(NCCCN1CCCCC1)Nc1sccc1C(=O)O. The van der Waals surface area contributed by atoms with Gasteiger partial charge in [0.1, 0.15) is 5.00 Å². The summed E-state index contributed by atoms with van der Waals surface area (Å²) in [6, 6.07) is 1.14. The van der Waals surface area contributed by atoms with Crippen molar-refractivity contribution >= 4 is 28.3 Å². The van der Waals surface area contributed by atoms with Crippen molar-refractivity contribution < 1.29 is 14.7 Å². The van der Waals surface area contributed by atoms with Crippen LogP contribution in [0.3, 0.4) is 0 Å². The van der Waals surface area contributed by atoms with E-state index in [-0.39, 0.29) is 11.6 Å². The molecule has 116 valence electrons. The van der Waals surface area contributed by atoms with Gasteiger partial charge in [-0.1, -0.05) is 6.42 Å². The van der Waals surface area contributed by atoms with Gasteiger partial charge in [0.2, 0.25) is 0 Å². The summed E-state index contributed by atoms with van der Waals surface area (Å²) >= 11 is 1.21. The molecule has 1 fully saturated rings. The van der Waals surface area contributed by atoms with Crippen molar-refractivity contribution in [3.05, 3.63) is 17.0 Å². The van der Waals surface area contributed by atoms with E-state index in [2.05, 4.69) is 15.5 Å². The fourth-order valence-electron chi connectivity index (χ4n) is 2.41. The lowest BCUT2D eigenvalue weighted by Gasteiger charge is -2.26. The fraction of sp³-hybridized carbons (Fsp3) is 0.571. The van der Waals surface area contributed by atoms with Crippen LogP contribution in [0.15, 0.2) is 11.4 Å². The highest BCUT2D eigenvalue weighted by Gasteiger charge is 2.13. The summed E-state index contributed by atoms with van der Waals surface area (Å²) in [6.45, 7) is 3.91. The Balaban J connectivity index is 1.65. The minimum absolute atomic E-state index is 0.128. The van der Waals surface area contributed by atoms with E-state index in [9.17, 15) is 9.59 Å². The first-order chi connectivity index (χ1) is 10.2. The Labute approximate surface area is 128 Å². The Kier molecular flexibility index (Phi) is 6.01. The Morgan fingerprint density at radius 1 is 1.29 bits per heavy atom. The van der Waals surface area contributed by atoms with E-state index >= 15 is 0 Å². The van der Waals surface area contributed by atoms with Gasteiger partial charge in [0.05, 0.1) is 5.56 Å². The van der Waals surface area contributed by atoms with Gasteiger partial charge >= 0.3 is 12.0 Å². The van der Waals surface area contributed by atoms with Crippen molar-refractivity contribution in [2.24, 2.45) is 0 Å². The quantitative estimate of drug-likeness (QED) is 0.705. The molecule has 7 heteroatoms. The van der Waals surface area contributed by atoms with Gasteiger partial charge in [0.25, 0.3) is 0 Å². The van der Waals surface area contributed by atoms with Crippen molar-refractivity contribution in [2.45, 2.75) is 25.7 Å². The number of aromatic carboxylic acids is 1. The standard InChI is InChI=1S/C14H21N3O3S/c18-13(19)11-5-10-21-12(11)16-14(20)15-6-4-9-17-7-2-1-3-8-17/h5,10H,1-4,6-9H2,(H,18,19)(H2,15,16,20). The Hall–Kier alpha value is -1.60. The number of urea groups is 1. The molecule has 0 saturated carbocycles. The number of nitrogens with one attached hydrogen (secondary N) is 2. The number of nitrogens with zero attached hydrogens (tertiary/aromatic N) is 1. The van der Waals surface area contributed by atoms with Gasteiger partial charge in [-0.25, -0.2) is 9.59 Å². The number of carboxylic acids is 1. The predicted octanol–water partition coefficient (Wildman–Crippen LogP) is 2.44. The molecule has 2 amide bonds. The van der Waals surface area contributed by atoms with Crippen LogP contribution in [-0.4, -0.2) is 48.2 Å². The monoisotopic (exact) mass is 311 g/mol. The Morgan fingerprint density at radius 3 is 2.76 bits per heavy atom. The van der Waals surface area contributed by atoms with Gasteiger partial charge in [-0.05, 0) is 50.3 Å². The molecule has 1 aromatic rings. The van der Waals surface area contributed by atoms with Crippen LogP contribution in [0, 0.1) is 0 Å². The molecule has 0 spiro atoms. The van der Waals surface area contributed by atoms with Crippen molar-refractivity contribution in [3.63, 3.8) is 0 Å². The van der Waals surface area contributed by atoms with E-state index in [1.165, 1.54) is 36.7 Å². The number of carbonyl (C=O) groups is 2. The molecule has 0 bridgehead atoms. The van der Waals surface area contributed by atoms with Crippen LogP contribution in [0.5, 0.6) is 0 Å². The van der Waals surface area contributed by atoms with E-state index in [0.717, 1.165) is 26.1 Å². The van der Waals surface area contributed by atoms with E-state index in [1.54, 1.807) is 5.38 Å². The predicted molar refractivity (Wildman–Crippen MR) is 83.2 cm³/mol. The minimum Gasteiger partial charge on any atom is -0.478 e. The summed E-state index contributed by atoms with van der Waals surface area (Å²) in [4.78, 5) is 25.1. The zero-order valence-electron chi connectivity index (χ0n) is 11.9. The number of thiophene rings is 1. The summed E-state index contributed by atoms with van der Waals surface area (Å²) in [5.74, 6) is -1.03. The number of amides is 2. The van der Waals surface area contributed by atoms with Crippen LogP contribution in [0.2, 0.25) is 0 Å². The molecule has 6 nitrogen and oxygen atoms in total. The molecule has 3 N–H and O–H groups in total. The highest BCUT2D eigenvalue weighted by Crippen LogP contribution is 2.22. The second kappa shape index (κ2) is 7.99. The van der Waals surface area contributed by atoms with Gasteiger partial charge in [-0.2, -0.15) is 0 Å². The van der Waals surface area contributed by atoms with Crippen LogP contribution in [0.25, 0.3) is 0 Å². The average Bonchev–Trinajstić information content (AvgIpc) is 2.93. The Morgan fingerprint density at radius 2 is 2.05 bits per heavy atom. The number of hydrogen-bond acceptors (Lipinski definition) is 4. The topological polar surface area (TPSA) is 81.7 Å². The lowest BCUT2D eigenvalue weighted by Crippen LogP contribution is -2.34. The van der Waals surface area contributed by atoms with Crippen LogP contribution < -0.4 is 10.6 Å². The molecule has 0 atom stereocenters. The maximum absolute atomic E-state index is 11.7. The van der Waals surface area contributed by atoms with Crippen LogP contribution in [0.1, 0.15) is 36.0 Å². The fourth-order valence-corrected chi connectivity index (χ4v) is 3.18. The molecule has 21 heavy (non-hydrogen) atoms. The Bertz CT molecular complexity index is 484. The van der Waals surface area contributed by atoms with Gasteiger partial charge in [-0.15, -0.1) is 11.3 Å². The number of carboxylic acid groups (broad SMARTS) is 1. The van der Waals surface area contributed by atoms with Crippen molar-refractivity contribution in [3.8, 4) is 0 Å². The first kappa shape index (κ1) is 15.8. The summed E-state index contributed by atoms with van der Waals surface area (Å²) in [5.41, 5.74) is 0.128. The zero-order chi connectivity index (χ0) is 15.1. The molecule has 1 aliphatic heterocycles. The number of likely N-dealkylation sites (tertiary alicyclic amines) is 1.